The lowest BCUT2D eigenvalue weighted by Crippen LogP contribution is -2.51. The van der Waals surface area contributed by atoms with E-state index in [9.17, 15) is 19.2 Å². The molecule has 632 valence electrons. The lowest BCUT2D eigenvalue weighted by atomic mass is 9.90. The Morgan fingerprint density at radius 1 is 0.250 bits per heavy atom. The Balaban J connectivity index is 0.000000174. The summed E-state index contributed by atoms with van der Waals surface area (Å²) < 4.78 is 24.3. The monoisotopic (exact) mass is 1790 g/mol. The van der Waals surface area contributed by atoms with Crippen molar-refractivity contribution in [3.8, 4) is 0 Å². The predicted octanol–water partition coefficient (Wildman–Crippen LogP) is 21.0. The summed E-state index contributed by atoms with van der Waals surface area (Å²) in [6, 6.07) is 62.3. The smallest absolute Gasteiger partial charge is 0.361 e. The van der Waals surface area contributed by atoms with Crippen LogP contribution in [0.4, 0.5) is 0 Å². The summed E-state index contributed by atoms with van der Waals surface area (Å²) in [6.07, 6.45) is 13.5. The van der Waals surface area contributed by atoms with Gasteiger partial charge in [-0.1, -0.05) is 218 Å². The quantitative estimate of drug-likeness (QED) is 0.0687. The van der Waals surface area contributed by atoms with Gasteiger partial charge < -0.3 is 38.5 Å². The molecule has 8 aliphatic rings. The number of ether oxygens (including phenoxy) is 4. The van der Waals surface area contributed by atoms with E-state index in [-0.39, 0.29) is 147 Å². The molecule has 8 aromatic carbocycles. The van der Waals surface area contributed by atoms with Crippen molar-refractivity contribution in [3.05, 3.63) is 279 Å². The molecule has 8 aromatic rings. The highest BCUT2D eigenvalue weighted by molar-refractivity contribution is 6.32. The van der Waals surface area contributed by atoms with E-state index >= 15 is 0 Å². The first kappa shape index (κ1) is 95.2. The van der Waals surface area contributed by atoms with Crippen LogP contribution in [0.25, 0.3) is 0 Å². The van der Waals surface area contributed by atoms with Gasteiger partial charge in [0.25, 0.3) is 0 Å². The third-order valence-corrected chi connectivity index (χ3v) is 24.5. The van der Waals surface area contributed by atoms with Crippen molar-refractivity contribution in [2.24, 2.45) is 23.7 Å². The van der Waals surface area contributed by atoms with Gasteiger partial charge in [-0.15, -0.1) is 0 Å². The van der Waals surface area contributed by atoms with E-state index in [2.05, 4.69) is 47.3 Å². The molecule has 4 heterocycles. The molecule has 0 bridgehead atoms. The Morgan fingerprint density at radius 2 is 0.375 bits per heavy atom. The molecule has 4 saturated heterocycles. The number of carbonyl (C=O) groups is 4. The Hall–Kier alpha value is -8.68. The summed E-state index contributed by atoms with van der Waals surface area (Å²) in [7, 11) is 0. The fraction of sp³-hybridized carbons (Fsp3) is 0.391. The lowest BCUT2D eigenvalue weighted by Gasteiger charge is -2.45. The molecule has 0 unspecified atom stereocenters. The summed E-state index contributed by atoms with van der Waals surface area (Å²) >= 11 is 48.7. The van der Waals surface area contributed by atoms with E-state index in [1.807, 2.05) is 194 Å². The first-order chi connectivity index (χ1) is 58.0. The summed E-state index contributed by atoms with van der Waals surface area (Å²) in [6.45, 7) is 9.12. The van der Waals surface area contributed by atoms with E-state index in [1.54, 1.807) is 0 Å². The molecule has 4 amide bonds. The normalized spacial score (nSPS) is 22.0. The lowest BCUT2D eigenvalue weighted by molar-refractivity contribution is -0.193. The van der Waals surface area contributed by atoms with Gasteiger partial charge in [0.2, 0.25) is 23.6 Å². The number of nitrogens with zero attached hydrogens (tertiary/aromatic N) is 4. The maximum absolute atomic E-state index is 13.0. The second kappa shape index (κ2) is 47.1. The van der Waals surface area contributed by atoms with E-state index in [0.717, 1.165) is 70.2 Å². The Morgan fingerprint density at radius 3 is 0.492 bits per heavy atom. The minimum atomic E-state index is -0.228. The van der Waals surface area contributed by atoms with Crippen molar-refractivity contribution in [1.82, 2.24) is 19.6 Å². The minimum Gasteiger partial charge on any atom is -0.361 e. The third kappa shape index (κ3) is 25.7. The molecule has 0 radical (unpaired) electrons. The minimum absolute atomic E-state index is 0.0684. The Labute approximate surface area is 738 Å². The number of rotatable bonds is 20. The van der Waals surface area contributed by atoms with Crippen molar-refractivity contribution in [2.45, 2.75) is 177 Å². The van der Waals surface area contributed by atoms with Gasteiger partial charge in [0.05, 0.1) is 24.2 Å². The molecule has 4 aliphatic heterocycles. The van der Waals surface area contributed by atoms with Gasteiger partial charge in [0.1, 0.15) is 50.8 Å². The fourth-order valence-corrected chi connectivity index (χ4v) is 17.7. The average molecular weight is 1790 g/mol. The van der Waals surface area contributed by atoms with Crippen LogP contribution >= 0.6 is 92.8 Å². The SMILES string of the molecule is CC[C@@H](C1CC1)N1C(=O)CO[C@@H](c2ccc(Cl)cc2)[C@H]1c1ccc(Cl)cc1.CC[C@@H](C1CC1)N1C(=O)CO[C@H](c2ccc(Cl)cc2)[C@@H]1c1ccc(Cl)cc1.CC[C@H](C1CC1)N1C(=O)CO[C@@H](c2ccc(Cl)cc2)[C@H]1c1ccc(Cl)cc1.CC[C@H](C1CC1)N1C(=O)CO[C@H](c2ccc(Cl)cc2)[C@@H]1c1ccc(Cl)cc1.O=C=O.O=C=O.O=C=O.O=C=O. The molecule has 120 heavy (non-hydrogen) atoms. The molecule has 12 atom stereocenters. The largest absolute Gasteiger partial charge is 0.373 e. The van der Waals surface area contributed by atoms with Crippen LogP contribution < -0.4 is 0 Å². The Bertz CT molecular complexity index is 4170. The third-order valence-electron chi connectivity index (χ3n) is 22.5. The summed E-state index contributed by atoms with van der Waals surface area (Å²) in [4.78, 5) is 125. The van der Waals surface area contributed by atoms with Crippen LogP contribution in [0.1, 0.15) is 198 Å². The van der Waals surface area contributed by atoms with Gasteiger partial charge in [-0.25, -0.2) is 0 Å². The van der Waals surface area contributed by atoms with Crippen molar-refractivity contribution >= 4 is 141 Å². The van der Waals surface area contributed by atoms with Gasteiger partial charge in [-0.05, 0) is 242 Å². The van der Waals surface area contributed by atoms with Gasteiger partial charge in [0.15, 0.2) is 0 Å². The molecule has 0 N–H and O–H groups in total. The van der Waals surface area contributed by atoms with Crippen LogP contribution in [0, 0.1) is 23.7 Å². The molecular weight excluding hydrogens is 1700 g/mol. The van der Waals surface area contributed by atoms with Crippen LogP contribution in [0.2, 0.25) is 40.2 Å². The second-order valence-corrected chi connectivity index (χ2v) is 33.4. The van der Waals surface area contributed by atoms with E-state index in [4.69, 9.17) is 150 Å². The molecule has 16 rings (SSSR count). The van der Waals surface area contributed by atoms with E-state index in [0.29, 0.717) is 63.9 Å². The van der Waals surface area contributed by atoms with Crippen molar-refractivity contribution < 1.29 is 76.5 Å². The summed E-state index contributed by atoms with van der Waals surface area (Å²) in [5, 5.41) is 5.50. The molecular formula is C92H92Cl8N4O16. The molecule has 4 saturated carbocycles. The molecule has 8 fully saturated rings. The standard InChI is InChI=1S/4C22H23Cl2NO2.4CO2/c4*1-2-19(14-3-4-14)25-20(26)13-27-22(16-7-11-18(24)12-8-16)21(25)15-5-9-17(23)10-6-15;4*2-1-3/h4*5-12,14,19,21-22H,2-4,13H2,1H3;;;;/t2*19-,21+,22-;2*19-,21-,22+;;;;/m1010..../s1. The summed E-state index contributed by atoms with van der Waals surface area (Å²) in [5.41, 5.74) is 8.31. The number of carbonyl (C=O) groups excluding carboxylic acids is 12. The predicted molar refractivity (Wildman–Crippen MR) is 452 cm³/mol. The van der Waals surface area contributed by atoms with E-state index in [1.165, 1.54) is 51.4 Å². The highest BCUT2D eigenvalue weighted by atomic mass is 35.5. The van der Waals surface area contributed by atoms with Crippen LogP contribution in [0.15, 0.2) is 194 Å². The van der Waals surface area contributed by atoms with Crippen molar-refractivity contribution in [1.29, 1.82) is 0 Å². The molecule has 0 aromatic heterocycles. The summed E-state index contributed by atoms with van der Waals surface area (Å²) in [5.74, 6) is 2.65. The van der Waals surface area contributed by atoms with Gasteiger partial charge >= 0.3 is 24.6 Å². The zero-order valence-corrected chi connectivity index (χ0v) is 72.4. The highest BCUT2D eigenvalue weighted by Gasteiger charge is 2.51. The molecule has 20 nitrogen and oxygen atoms in total. The number of amides is 4. The Kier molecular flexibility index (Phi) is 37.3. The van der Waals surface area contributed by atoms with Gasteiger partial charge in [-0.3, -0.25) is 19.2 Å². The van der Waals surface area contributed by atoms with Crippen molar-refractivity contribution in [3.63, 3.8) is 0 Å². The zero-order valence-electron chi connectivity index (χ0n) is 66.4. The molecule has 0 spiro atoms. The second-order valence-electron chi connectivity index (χ2n) is 29.9. The highest BCUT2D eigenvalue weighted by Crippen LogP contribution is 2.52. The number of morpholine rings is 4. The maximum Gasteiger partial charge on any atom is 0.373 e. The topological polar surface area (TPSA) is 255 Å². The van der Waals surface area contributed by atoms with Gasteiger partial charge in [0, 0.05) is 64.3 Å². The zero-order chi connectivity index (χ0) is 86.7. The van der Waals surface area contributed by atoms with Crippen LogP contribution in [-0.2, 0) is 76.5 Å². The van der Waals surface area contributed by atoms with Gasteiger partial charge in [-0.2, -0.15) is 38.4 Å². The number of halogens is 8. The average Bonchev–Trinajstić information content (AvgIpc) is 1.62. The fourth-order valence-electron chi connectivity index (χ4n) is 16.7. The number of hydrogen-bond acceptors (Lipinski definition) is 16. The molecule has 4 aliphatic carbocycles. The van der Waals surface area contributed by atoms with Crippen LogP contribution in [-0.4, -0.2) is 118 Å². The van der Waals surface area contributed by atoms with Crippen LogP contribution in [0.5, 0.6) is 0 Å². The van der Waals surface area contributed by atoms with Crippen molar-refractivity contribution in [2.75, 3.05) is 26.4 Å². The first-order valence-electron chi connectivity index (χ1n) is 39.7. The van der Waals surface area contributed by atoms with Crippen LogP contribution in [0.3, 0.4) is 0 Å². The first-order valence-corrected chi connectivity index (χ1v) is 42.7. The van der Waals surface area contributed by atoms with E-state index < -0.39 is 0 Å². The number of benzene rings is 8. The molecule has 28 heteroatoms. The number of hydrogen-bond donors (Lipinski definition) is 0. The maximum atomic E-state index is 13.0.